The summed E-state index contributed by atoms with van der Waals surface area (Å²) in [4.78, 5) is 27.7. The number of benzene rings is 1. The van der Waals surface area contributed by atoms with Crippen molar-refractivity contribution >= 4 is 17.6 Å². The van der Waals surface area contributed by atoms with E-state index in [0.29, 0.717) is 25.4 Å². The summed E-state index contributed by atoms with van der Waals surface area (Å²) in [7, 11) is 1.59. The van der Waals surface area contributed by atoms with E-state index in [1.54, 1.807) is 24.1 Å². The van der Waals surface area contributed by atoms with Gasteiger partial charge in [0.2, 0.25) is 5.91 Å². The molecule has 8 nitrogen and oxygen atoms in total. The molecule has 1 saturated carbocycles. The Kier molecular flexibility index (Phi) is 8.52. The molecule has 1 aromatic heterocycles. The van der Waals surface area contributed by atoms with Gasteiger partial charge in [-0.15, -0.1) is 0 Å². The Balaban J connectivity index is 1.49. The van der Waals surface area contributed by atoms with Crippen molar-refractivity contribution in [2.45, 2.75) is 57.3 Å². The van der Waals surface area contributed by atoms with Crippen molar-refractivity contribution in [3.05, 3.63) is 53.9 Å². The van der Waals surface area contributed by atoms with Crippen molar-refractivity contribution in [2.75, 3.05) is 25.6 Å². The number of methoxy groups -OCH3 is 1. The molecule has 11 heteroatoms. The quantitative estimate of drug-likeness (QED) is 0.494. The lowest BCUT2D eigenvalue weighted by Crippen LogP contribution is -2.46. The fourth-order valence-electron chi connectivity index (χ4n) is 4.83. The van der Waals surface area contributed by atoms with Crippen LogP contribution in [-0.4, -0.2) is 52.8 Å². The summed E-state index contributed by atoms with van der Waals surface area (Å²) in [5.41, 5.74) is -0.928. The first kappa shape index (κ1) is 26.7. The zero-order valence-corrected chi connectivity index (χ0v) is 20.7. The highest BCUT2D eigenvalue weighted by Crippen LogP contribution is 2.37. The number of hydrogen-bond acceptors (Lipinski definition) is 5. The van der Waals surface area contributed by atoms with Crippen LogP contribution in [0.2, 0.25) is 0 Å². The highest BCUT2D eigenvalue weighted by molar-refractivity contribution is 5.99. The van der Waals surface area contributed by atoms with Crippen molar-refractivity contribution in [2.24, 2.45) is 5.92 Å². The Morgan fingerprint density at radius 3 is 2.68 bits per heavy atom. The van der Waals surface area contributed by atoms with E-state index in [-0.39, 0.29) is 29.9 Å². The van der Waals surface area contributed by atoms with Crippen LogP contribution in [0.25, 0.3) is 0 Å². The summed E-state index contributed by atoms with van der Waals surface area (Å²) in [6, 6.07) is 5.70. The zero-order chi connectivity index (χ0) is 26.4. The maximum atomic E-state index is 13.4. The number of ether oxygens (including phenoxy) is 2. The number of hydrogen-bond donors (Lipinski definition) is 1. The van der Waals surface area contributed by atoms with E-state index in [4.69, 9.17) is 9.47 Å². The molecule has 200 valence electrons. The van der Waals surface area contributed by atoms with Gasteiger partial charge >= 0.3 is 6.18 Å². The summed E-state index contributed by atoms with van der Waals surface area (Å²) in [5.74, 6) is -0.558. The van der Waals surface area contributed by atoms with E-state index in [2.05, 4.69) is 10.4 Å². The average molecular weight is 521 g/mol. The number of rotatable bonds is 10. The van der Waals surface area contributed by atoms with E-state index in [9.17, 15) is 22.8 Å². The molecule has 0 saturated heterocycles. The molecule has 1 N–H and O–H groups in total. The Labute approximate surface area is 213 Å². The number of para-hydroxylation sites is 1. The Hall–Kier alpha value is -3.34. The molecular formula is C26H31F3N4O4. The summed E-state index contributed by atoms with van der Waals surface area (Å²) in [5, 5.41) is 7.12. The van der Waals surface area contributed by atoms with E-state index < -0.39 is 23.7 Å². The standard InChI is InChI=1S/C26H31F3N4O4/c1-36-14-13-32-12-11-23(31-32)30-25(35)21(15-18-7-3-2-4-8-18)33-17-19(16-24(33)34)37-22-10-6-5-9-20(22)26(27,28)29/h5-6,9-12,16,18,21H,2-4,7-8,13-15,17H2,1H3,(H,30,31,35)/t21-/m0/s1. The van der Waals surface area contributed by atoms with Gasteiger partial charge in [-0.25, -0.2) is 0 Å². The van der Waals surface area contributed by atoms with Crippen LogP contribution >= 0.6 is 0 Å². The van der Waals surface area contributed by atoms with E-state index in [0.717, 1.165) is 44.2 Å². The highest BCUT2D eigenvalue weighted by Gasteiger charge is 2.38. The molecule has 0 spiro atoms. The van der Waals surface area contributed by atoms with E-state index >= 15 is 0 Å². The predicted octanol–water partition coefficient (Wildman–Crippen LogP) is 4.63. The second-order valence-corrected chi connectivity index (χ2v) is 9.37. The molecule has 1 fully saturated rings. The monoisotopic (exact) mass is 520 g/mol. The third-order valence-electron chi connectivity index (χ3n) is 6.70. The number of amides is 2. The molecule has 37 heavy (non-hydrogen) atoms. The van der Waals surface area contributed by atoms with Crippen LogP contribution in [0.1, 0.15) is 44.1 Å². The fourth-order valence-corrected chi connectivity index (χ4v) is 4.83. The van der Waals surface area contributed by atoms with Gasteiger partial charge in [0.05, 0.1) is 25.3 Å². The molecule has 4 rings (SSSR count). The largest absolute Gasteiger partial charge is 0.459 e. The minimum atomic E-state index is -4.60. The van der Waals surface area contributed by atoms with Gasteiger partial charge in [-0.3, -0.25) is 14.3 Å². The van der Waals surface area contributed by atoms with Crippen LogP contribution in [0.3, 0.4) is 0 Å². The lowest BCUT2D eigenvalue weighted by atomic mass is 9.84. The van der Waals surface area contributed by atoms with Gasteiger partial charge in [-0.2, -0.15) is 18.3 Å². The number of carbonyl (C=O) groups is 2. The van der Waals surface area contributed by atoms with Crippen molar-refractivity contribution in [1.82, 2.24) is 14.7 Å². The third kappa shape index (κ3) is 6.91. The number of halogens is 3. The molecule has 1 aromatic carbocycles. The van der Waals surface area contributed by atoms with Crippen molar-refractivity contribution < 1.29 is 32.2 Å². The van der Waals surface area contributed by atoms with E-state index in [1.165, 1.54) is 23.1 Å². The van der Waals surface area contributed by atoms with Gasteiger partial charge in [-0.1, -0.05) is 44.2 Å². The van der Waals surface area contributed by atoms with Gasteiger partial charge in [0.25, 0.3) is 5.91 Å². The molecular weight excluding hydrogens is 489 g/mol. The molecule has 1 aliphatic carbocycles. The summed E-state index contributed by atoms with van der Waals surface area (Å²) < 4.78 is 52.4. The van der Waals surface area contributed by atoms with Gasteiger partial charge < -0.3 is 19.7 Å². The highest BCUT2D eigenvalue weighted by atomic mass is 19.4. The predicted molar refractivity (Wildman–Crippen MR) is 130 cm³/mol. The molecule has 1 aliphatic heterocycles. The molecule has 2 aliphatic rings. The second-order valence-electron chi connectivity index (χ2n) is 9.37. The first-order valence-electron chi connectivity index (χ1n) is 12.4. The van der Waals surface area contributed by atoms with Gasteiger partial charge in [0, 0.05) is 25.4 Å². The molecule has 2 amide bonds. The maximum absolute atomic E-state index is 13.4. The first-order chi connectivity index (χ1) is 17.7. The van der Waals surface area contributed by atoms with Gasteiger partial charge in [0.15, 0.2) is 5.82 Å². The van der Waals surface area contributed by atoms with Crippen molar-refractivity contribution in [3.8, 4) is 5.75 Å². The summed E-state index contributed by atoms with van der Waals surface area (Å²) >= 11 is 0. The molecule has 1 atom stereocenters. The SMILES string of the molecule is COCCn1ccc(NC(=O)[C@H](CC2CCCCC2)N2CC(Oc3ccccc3C(F)(F)F)=CC2=O)n1. The Morgan fingerprint density at radius 1 is 1.19 bits per heavy atom. The number of aromatic nitrogens is 2. The third-order valence-corrected chi connectivity index (χ3v) is 6.70. The topological polar surface area (TPSA) is 85.7 Å². The van der Waals surface area contributed by atoms with Crippen LogP contribution in [0, 0.1) is 5.92 Å². The minimum Gasteiger partial charge on any atom is -0.459 e. The lowest BCUT2D eigenvalue weighted by Gasteiger charge is -2.31. The van der Waals surface area contributed by atoms with Crippen LogP contribution in [0.4, 0.5) is 19.0 Å². The molecule has 0 bridgehead atoms. The van der Waals surface area contributed by atoms with Crippen LogP contribution in [-0.2, 0) is 27.0 Å². The lowest BCUT2D eigenvalue weighted by molar-refractivity contribution is -0.138. The average Bonchev–Trinajstić information content (AvgIpc) is 3.47. The minimum absolute atomic E-state index is 0.0620. The molecule has 0 unspecified atom stereocenters. The number of carbonyl (C=O) groups excluding carboxylic acids is 2. The Morgan fingerprint density at radius 2 is 1.95 bits per heavy atom. The number of nitrogens with zero attached hydrogens (tertiary/aromatic N) is 3. The zero-order valence-electron chi connectivity index (χ0n) is 20.7. The fraction of sp³-hybridized carbons (Fsp3) is 0.500. The van der Waals surface area contributed by atoms with Crippen LogP contribution in [0.5, 0.6) is 5.75 Å². The smallest absolute Gasteiger partial charge is 0.419 e. The maximum Gasteiger partial charge on any atom is 0.419 e. The molecule has 0 radical (unpaired) electrons. The van der Waals surface area contributed by atoms with E-state index in [1.807, 2.05) is 0 Å². The van der Waals surface area contributed by atoms with Gasteiger partial charge in [-0.05, 0) is 24.5 Å². The number of nitrogens with one attached hydrogen (secondary N) is 1. The normalized spacial score (nSPS) is 17.6. The second kappa shape index (κ2) is 11.8. The summed E-state index contributed by atoms with van der Waals surface area (Å²) in [6.45, 7) is 0.887. The number of alkyl halides is 3. The molecule has 2 heterocycles. The van der Waals surface area contributed by atoms with Crippen molar-refractivity contribution in [1.29, 1.82) is 0 Å². The van der Waals surface area contributed by atoms with Crippen LogP contribution in [0.15, 0.2) is 48.4 Å². The molecule has 2 aromatic rings. The summed E-state index contributed by atoms with van der Waals surface area (Å²) in [6.07, 6.45) is 3.95. The van der Waals surface area contributed by atoms with Crippen molar-refractivity contribution in [3.63, 3.8) is 0 Å². The number of anilines is 1. The Bertz CT molecular complexity index is 1130. The first-order valence-corrected chi connectivity index (χ1v) is 12.4. The van der Waals surface area contributed by atoms with Gasteiger partial charge in [0.1, 0.15) is 17.6 Å². The van der Waals surface area contributed by atoms with Crippen LogP contribution < -0.4 is 10.1 Å².